The van der Waals surface area contributed by atoms with Gasteiger partial charge in [-0.1, -0.05) is 6.92 Å². The van der Waals surface area contributed by atoms with Crippen LogP contribution in [0, 0.1) is 28.6 Å². The van der Waals surface area contributed by atoms with Crippen LogP contribution in [0.4, 0.5) is 0 Å². The highest BCUT2D eigenvalue weighted by Gasteiger charge is 2.88. The second kappa shape index (κ2) is 1.60. The summed E-state index contributed by atoms with van der Waals surface area (Å²) in [5, 5.41) is 0. The van der Waals surface area contributed by atoms with Gasteiger partial charge in [0.25, 0.3) is 0 Å². The zero-order valence-corrected chi connectivity index (χ0v) is 7.88. The Balaban J connectivity index is 1.92. The molecule has 0 aromatic carbocycles. The van der Waals surface area contributed by atoms with Gasteiger partial charge in [0.1, 0.15) is 5.78 Å². The lowest BCUT2D eigenvalue weighted by Crippen LogP contribution is -2.18. The lowest BCUT2D eigenvalue weighted by Gasteiger charge is -2.14. The first-order valence-electron chi connectivity index (χ1n) is 5.31. The Morgan fingerprint density at radius 3 is 3.08 bits per heavy atom. The summed E-state index contributed by atoms with van der Waals surface area (Å²) in [7, 11) is 0. The molecule has 1 aliphatic heterocycles. The van der Waals surface area contributed by atoms with Crippen LogP contribution in [0.1, 0.15) is 19.8 Å². The second-order valence-corrected chi connectivity index (χ2v) is 5.57. The summed E-state index contributed by atoms with van der Waals surface area (Å²) in [4.78, 5) is 11.8. The number of hydrogen-bond donors (Lipinski definition) is 0. The SMILES string of the molecule is CC12C3CC(=O)C1C21COCC1C3. The van der Waals surface area contributed by atoms with Crippen LogP contribution in [0.3, 0.4) is 0 Å². The molecule has 4 fully saturated rings. The number of rotatable bonds is 0. The molecular formula is C11H14O2. The van der Waals surface area contributed by atoms with E-state index in [0.717, 1.165) is 25.6 Å². The normalized spacial score (nSPS) is 66.8. The first-order chi connectivity index (χ1) is 6.21. The van der Waals surface area contributed by atoms with Crippen molar-refractivity contribution in [2.45, 2.75) is 19.8 Å². The van der Waals surface area contributed by atoms with Gasteiger partial charge in [0.2, 0.25) is 0 Å². The summed E-state index contributed by atoms with van der Waals surface area (Å²) in [6.07, 6.45) is 2.14. The maximum Gasteiger partial charge on any atom is 0.137 e. The maximum atomic E-state index is 11.8. The molecule has 2 heteroatoms. The van der Waals surface area contributed by atoms with Crippen molar-refractivity contribution in [2.24, 2.45) is 28.6 Å². The summed E-state index contributed by atoms with van der Waals surface area (Å²) in [5.74, 6) is 2.37. The Morgan fingerprint density at radius 2 is 2.31 bits per heavy atom. The Morgan fingerprint density at radius 1 is 1.46 bits per heavy atom. The standard InChI is InChI=1S/C11H14O2/c1-10-6-2-7-4-13-5-11(7,10)9(10)8(12)3-6/h6-7,9H,2-5H2,1H3. The molecule has 3 saturated carbocycles. The smallest absolute Gasteiger partial charge is 0.137 e. The molecule has 1 spiro atoms. The van der Waals surface area contributed by atoms with E-state index in [-0.39, 0.29) is 0 Å². The molecule has 5 atom stereocenters. The monoisotopic (exact) mass is 178 g/mol. The third kappa shape index (κ3) is 0.438. The minimum Gasteiger partial charge on any atom is -0.381 e. The Labute approximate surface area is 77.6 Å². The topological polar surface area (TPSA) is 26.3 Å². The number of hydrogen-bond acceptors (Lipinski definition) is 2. The van der Waals surface area contributed by atoms with Crippen molar-refractivity contribution in [1.82, 2.24) is 0 Å². The van der Waals surface area contributed by atoms with E-state index in [1.165, 1.54) is 6.42 Å². The molecule has 0 N–H and O–H groups in total. The van der Waals surface area contributed by atoms with Crippen LogP contribution in [-0.2, 0) is 9.53 Å². The van der Waals surface area contributed by atoms with Gasteiger partial charge < -0.3 is 4.74 Å². The van der Waals surface area contributed by atoms with Crippen LogP contribution >= 0.6 is 0 Å². The lowest BCUT2D eigenvalue weighted by atomic mass is 9.88. The van der Waals surface area contributed by atoms with E-state index >= 15 is 0 Å². The van der Waals surface area contributed by atoms with E-state index in [9.17, 15) is 4.79 Å². The summed E-state index contributed by atoms with van der Waals surface area (Å²) >= 11 is 0. The molecule has 13 heavy (non-hydrogen) atoms. The molecular weight excluding hydrogens is 164 g/mol. The molecule has 3 aliphatic carbocycles. The van der Waals surface area contributed by atoms with Gasteiger partial charge in [0.05, 0.1) is 13.2 Å². The number of ether oxygens (including phenoxy) is 1. The van der Waals surface area contributed by atoms with Crippen molar-refractivity contribution >= 4 is 5.78 Å². The lowest BCUT2D eigenvalue weighted by molar-refractivity contribution is -0.120. The molecule has 0 bridgehead atoms. The quantitative estimate of drug-likeness (QED) is 0.558. The van der Waals surface area contributed by atoms with Crippen LogP contribution in [0.15, 0.2) is 0 Å². The van der Waals surface area contributed by atoms with Gasteiger partial charge in [-0.25, -0.2) is 0 Å². The van der Waals surface area contributed by atoms with Gasteiger partial charge in [-0.3, -0.25) is 4.79 Å². The van der Waals surface area contributed by atoms with Crippen LogP contribution < -0.4 is 0 Å². The molecule has 1 saturated heterocycles. The minimum absolute atomic E-state index is 0.326. The van der Waals surface area contributed by atoms with Crippen molar-refractivity contribution in [3.63, 3.8) is 0 Å². The van der Waals surface area contributed by atoms with Gasteiger partial charge in [-0.2, -0.15) is 0 Å². The van der Waals surface area contributed by atoms with Gasteiger partial charge in [-0.05, 0) is 23.7 Å². The average molecular weight is 178 g/mol. The fourth-order valence-electron chi connectivity index (χ4n) is 5.06. The maximum absolute atomic E-state index is 11.8. The fourth-order valence-corrected chi connectivity index (χ4v) is 5.06. The molecule has 4 rings (SSSR count). The van der Waals surface area contributed by atoms with Crippen molar-refractivity contribution in [2.75, 3.05) is 13.2 Å². The van der Waals surface area contributed by atoms with E-state index < -0.39 is 0 Å². The van der Waals surface area contributed by atoms with Crippen molar-refractivity contribution < 1.29 is 9.53 Å². The van der Waals surface area contributed by atoms with Crippen LogP contribution in [0.5, 0.6) is 0 Å². The first kappa shape index (κ1) is 6.99. The van der Waals surface area contributed by atoms with E-state index in [1.807, 2.05) is 0 Å². The molecule has 0 aromatic heterocycles. The third-order valence-corrected chi connectivity index (χ3v) is 5.61. The zero-order chi connectivity index (χ0) is 8.84. The predicted octanol–water partition coefficient (Wildman–Crippen LogP) is 1.25. The molecule has 0 radical (unpaired) electrons. The highest BCUT2D eigenvalue weighted by molar-refractivity contribution is 5.91. The van der Waals surface area contributed by atoms with Gasteiger partial charge in [0, 0.05) is 17.8 Å². The number of carbonyl (C=O) groups is 1. The molecule has 4 aliphatic rings. The van der Waals surface area contributed by atoms with Crippen LogP contribution in [-0.4, -0.2) is 19.0 Å². The van der Waals surface area contributed by atoms with E-state index in [1.54, 1.807) is 0 Å². The minimum atomic E-state index is 0.326. The largest absolute Gasteiger partial charge is 0.381 e. The Kier molecular flexibility index (Phi) is 0.862. The second-order valence-electron chi connectivity index (χ2n) is 5.57. The Hall–Kier alpha value is -0.370. The molecule has 0 aromatic rings. The number of ketones is 1. The highest BCUT2D eigenvalue weighted by atomic mass is 16.5. The van der Waals surface area contributed by atoms with Gasteiger partial charge in [0.15, 0.2) is 0 Å². The molecule has 5 unspecified atom stereocenters. The average Bonchev–Trinajstić information content (AvgIpc) is 2.36. The summed E-state index contributed by atoms with van der Waals surface area (Å²) in [6, 6.07) is 0. The van der Waals surface area contributed by atoms with Crippen LogP contribution in [0.2, 0.25) is 0 Å². The third-order valence-electron chi connectivity index (χ3n) is 5.61. The summed E-state index contributed by atoms with van der Waals surface area (Å²) in [6.45, 7) is 4.14. The number of carbonyl (C=O) groups excluding carboxylic acids is 1. The molecule has 0 amide bonds. The molecule has 1 heterocycles. The van der Waals surface area contributed by atoms with E-state index in [4.69, 9.17) is 4.74 Å². The van der Waals surface area contributed by atoms with Crippen molar-refractivity contribution in [1.29, 1.82) is 0 Å². The molecule has 2 nitrogen and oxygen atoms in total. The predicted molar refractivity (Wildman–Crippen MR) is 46.1 cm³/mol. The number of Topliss-reactive ketones (excluding diaryl/α,β-unsaturated/α-hetero) is 1. The van der Waals surface area contributed by atoms with Crippen molar-refractivity contribution in [3.05, 3.63) is 0 Å². The van der Waals surface area contributed by atoms with E-state index in [0.29, 0.717) is 28.4 Å². The van der Waals surface area contributed by atoms with Crippen molar-refractivity contribution in [3.8, 4) is 0 Å². The van der Waals surface area contributed by atoms with E-state index in [2.05, 4.69) is 6.92 Å². The highest BCUT2D eigenvalue weighted by Crippen LogP contribution is 2.87. The Bertz CT molecular complexity index is 324. The van der Waals surface area contributed by atoms with Gasteiger partial charge in [-0.15, -0.1) is 0 Å². The van der Waals surface area contributed by atoms with Gasteiger partial charge >= 0.3 is 0 Å². The summed E-state index contributed by atoms with van der Waals surface area (Å²) < 4.78 is 5.57. The fraction of sp³-hybridized carbons (Fsp3) is 0.909. The first-order valence-corrected chi connectivity index (χ1v) is 5.31. The molecule has 70 valence electrons. The van der Waals surface area contributed by atoms with Crippen LogP contribution in [0.25, 0.3) is 0 Å². The summed E-state index contributed by atoms with van der Waals surface area (Å²) in [5.41, 5.74) is 0.693. The zero-order valence-electron chi connectivity index (χ0n) is 7.88.